The second kappa shape index (κ2) is 4.99. The second-order valence-electron chi connectivity index (χ2n) is 4.99. The zero-order chi connectivity index (χ0) is 12.5. The fourth-order valence-electron chi connectivity index (χ4n) is 2.91. The first-order valence-corrected chi connectivity index (χ1v) is 7.40. The van der Waals surface area contributed by atoms with Gasteiger partial charge in [-0.05, 0) is 49.3 Å². The molecule has 0 unspecified atom stereocenters. The van der Waals surface area contributed by atoms with Gasteiger partial charge in [0, 0.05) is 16.9 Å². The van der Waals surface area contributed by atoms with Crippen LogP contribution < -0.4 is 5.73 Å². The number of benzene rings is 1. The van der Waals surface area contributed by atoms with Crippen molar-refractivity contribution >= 4 is 11.8 Å². The van der Waals surface area contributed by atoms with E-state index in [0.717, 1.165) is 24.0 Å². The number of rotatable bonds is 3. The second-order valence-corrected chi connectivity index (χ2v) is 5.84. The van der Waals surface area contributed by atoms with Crippen LogP contribution in [-0.2, 0) is 5.41 Å². The van der Waals surface area contributed by atoms with Crippen LogP contribution in [-0.4, -0.2) is 12.8 Å². The van der Waals surface area contributed by atoms with Crippen LogP contribution in [0, 0.1) is 12.7 Å². The summed E-state index contributed by atoms with van der Waals surface area (Å²) in [6.45, 7) is 2.52. The van der Waals surface area contributed by atoms with Gasteiger partial charge in [-0.25, -0.2) is 4.39 Å². The molecular weight excluding hydrogens is 233 g/mol. The van der Waals surface area contributed by atoms with Gasteiger partial charge >= 0.3 is 0 Å². The SMILES string of the molecule is CSc1cc(C2(CN)CCCC2)c(F)cc1C. The molecule has 0 aromatic heterocycles. The van der Waals surface area contributed by atoms with Gasteiger partial charge in [0.05, 0.1) is 0 Å². The Morgan fingerprint density at radius 2 is 2.00 bits per heavy atom. The van der Waals surface area contributed by atoms with Crippen molar-refractivity contribution in [2.75, 3.05) is 12.8 Å². The molecule has 0 bridgehead atoms. The fourth-order valence-corrected chi connectivity index (χ4v) is 3.53. The van der Waals surface area contributed by atoms with Gasteiger partial charge in [-0.15, -0.1) is 11.8 Å². The quantitative estimate of drug-likeness (QED) is 0.833. The van der Waals surface area contributed by atoms with Crippen LogP contribution in [0.1, 0.15) is 36.8 Å². The third-order valence-electron chi connectivity index (χ3n) is 4.01. The Labute approximate surface area is 107 Å². The van der Waals surface area contributed by atoms with E-state index in [-0.39, 0.29) is 11.2 Å². The van der Waals surface area contributed by atoms with E-state index in [1.54, 1.807) is 17.8 Å². The predicted octanol–water partition coefficient (Wildman–Crippen LogP) is 3.63. The normalized spacial score (nSPS) is 18.6. The molecule has 0 aliphatic heterocycles. The molecule has 0 atom stereocenters. The van der Waals surface area contributed by atoms with Crippen LogP contribution >= 0.6 is 11.8 Å². The molecule has 1 aromatic rings. The molecule has 94 valence electrons. The lowest BCUT2D eigenvalue weighted by atomic mass is 9.78. The number of halogens is 1. The smallest absolute Gasteiger partial charge is 0.127 e. The minimum absolute atomic E-state index is 0.0762. The number of nitrogens with two attached hydrogens (primary N) is 1. The number of aryl methyl sites for hydroxylation is 1. The van der Waals surface area contributed by atoms with Gasteiger partial charge in [0.15, 0.2) is 0 Å². The molecule has 1 aliphatic carbocycles. The molecule has 0 heterocycles. The van der Waals surface area contributed by atoms with Gasteiger partial charge in [-0.2, -0.15) is 0 Å². The van der Waals surface area contributed by atoms with Crippen LogP contribution in [0.4, 0.5) is 4.39 Å². The van der Waals surface area contributed by atoms with E-state index >= 15 is 0 Å². The molecule has 0 saturated heterocycles. The van der Waals surface area contributed by atoms with Crippen molar-refractivity contribution in [2.24, 2.45) is 5.73 Å². The summed E-state index contributed by atoms with van der Waals surface area (Å²) in [5.74, 6) is -0.0762. The molecule has 1 fully saturated rings. The highest BCUT2D eigenvalue weighted by atomic mass is 32.2. The summed E-state index contributed by atoms with van der Waals surface area (Å²) >= 11 is 1.68. The summed E-state index contributed by atoms with van der Waals surface area (Å²) < 4.78 is 14.2. The Morgan fingerprint density at radius 1 is 1.35 bits per heavy atom. The Balaban J connectivity index is 2.50. The van der Waals surface area contributed by atoms with Crippen LogP contribution in [0.5, 0.6) is 0 Å². The van der Waals surface area contributed by atoms with Crippen molar-refractivity contribution in [3.05, 3.63) is 29.1 Å². The summed E-state index contributed by atoms with van der Waals surface area (Å²) in [6, 6.07) is 3.68. The number of hydrogen-bond acceptors (Lipinski definition) is 2. The van der Waals surface area contributed by atoms with E-state index in [1.807, 2.05) is 19.2 Å². The third-order valence-corrected chi connectivity index (χ3v) is 4.89. The van der Waals surface area contributed by atoms with Crippen molar-refractivity contribution < 1.29 is 4.39 Å². The summed E-state index contributed by atoms with van der Waals surface area (Å²) in [5.41, 5.74) is 7.67. The van der Waals surface area contributed by atoms with E-state index < -0.39 is 0 Å². The molecule has 1 aliphatic rings. The molecule has 1 nitrogen and oxygen atoms in total. The molecule has 2 rings (SSSR count). The van der Waals surface area contributed by atoms with Crippen molar-refractivity contribution in [1.82, 2.24) is 0 Å². The average Bonchev–Trinajstić information content (AvgIpc) is 2.79. The topological polar surface area (TPSA) is 26.0 Å². The Morgan fingerprint density at radius 3 is 2.53 bits per heavy atom. The minimum atomic E-state index is -0.109. The summed E-state index contributed by atoms with van der Waals surface area (Å²) in [5, 5.41) is 0. The van der Waals surface area contributed by atoms with Gasteiger partial charge in [0.2, 0.25) is 0 Å². The molecule has 3 heteroatoms. The third kappa shape index (κ3) is 2.23. The number of hydrogen-bond donors (Lipinski definition) is 1. The van der Waals surface area contributed by atoms with E-state index in [2.05, 4.69) is 0 Å². The highest BCUT2D eigenvalue weighted by Gasteiger charge is 2.36. The minimum Gasteiger partial charge on any atom is -0.330 e. The van der Waals surface area contributed by atoms with E-state index in [0.29, 0.717) is 6.54 Å². The zero-order valence-electron chi connectivity index (χ0n) is 10.6. The van der Waals surface area contributed by atoms with Crippen molar-refractivity contribution in [1.29, 1.82) is 0 Å². The standard InChI is InChI=1S/C14H20FNS/c1-10-7-12(15)11(8-13(10)17-2)14(9-16)5-3-4-6-14/h7-8H,3-6,9,16H2,1-2H3. The average molecular weight is 253 g/mol. The van der Waals surface area contributed by atoms with Gasteiger partial charge in [0.25, 0.3) is 0 Å². The van der Waals surface area contributed by atoms with Crippen LogP contribution in [0.25, 0.3) is 0 Å². The predicted molar refractivity (Wildman–Crippen MR) is 72.1 cm³/mol. The Bertz CT molecular complexity index is 411. The highest BCUT2D eigenvalue weighted by molar-refractivity contribution is 7.98. The molecule has 0 amide bonds. The Kier molecular flexibility index (Phi) is 3.79. The monoisotopic (exact) mass is 253 g/mol. The first-order chi connectivity index (χ1) is 8.13. The maximum atomic E-state index is 14.2. The maximum absolute atomic E-state index is 14.2. The van der Waals surface area contributed by atoms with Gasteiger partial charge in [-0.1, -0.05) is 12.8 Å². The lowest BCUT2D eigenvalue weighted by Gasteiger charge is -2.29. The molecule has 2 N–H and O–H groups in total. The van der Waals surface area contributed by atoms with E-state index in [9.17, 15) is 4.39 Å². The zero-order valence-corrected chi connectivity index (χ0v) is 11.4. The Hall–Kier alpha value is -0.540. The molecule has 1 aromatic carbocycles. The van der Waals surface area contributed by atoms with Crippen LogP contribution in [0.2, 0.25) is 0 Å². The van der Waals surface area contributed by atoms with Crippen molar-refractivity contribution in [2.45, 2.75) is 42.9 Å². The van der Waals surface area contributed by atoms with Gasteiger partial charge in [0.1, 0.15) is 5.82 Å². The maximum Gasteiger partial charge on any atom is 0.127 e. The van der Waals surface area contributed by atoms with Crippen LogP contribution in [0.15, 0.2) is 17.0 Å². The summed E-state index contributed by atoms with van der Waals surface area (Å²) in [6.07, 6.45) is 6.42. The van der Waals surface area contributed by atoms with Crippen molar-refractivity contribution in [3.8, 4) is 0 Å². The first-order valence-electron chi connectivity index (χ1n) is 6.17. The van der Waals surface area contributed by atoms with Gasteiger partial charge < -0.3 is 5.73 Å². The summed E-state index contributed by atoms with van der Waals surface area (Å²) in [4.78, 5) is 1.17. The molecule has 0 spiro atoms. The largest absolute Gasteiger partial charge is 0.330 e. The fraction of sp³-hybridized carbons (Fsp3) is 0.571. The van der Waals surface area contributed by atoms with Crippen molar-refractivity contribution in [3.63, 3.8) is 0 Å². The lowest BCUT2D eigenvalue weighted by Crippen LogP contribution is -2.33. The summed E-state index contributed by atoms with van der Waals surface area (Å²) in [7, 11) is 0. The molecule has 17 heavy (non-hydrogen) atoms. The van der Waals surface area contributed by atoms with E-state index in [1.165, 1.54) is 17.7 Å². The van der Waals surface area contributed by atoms with E-state index in [4.69, 9.17) is 5.73 Å². The highest BCUT2D eigenvalue weighted by Crippen LogP contribution is 2.42. The van der Waals surface area contributed by atoms with Crippen LogP contribution in [0.3, 0.4) is 0 Å². The molecule has 1 saturated carbocycles. The molecule has 0 radical (unpaired) electrons. The first kappa shape index (κ1) is 12.9. The number of thioether (sulfide) groups is 1. The van der Waals surface area contributed by atoms with Gasteiger partial charge in [-0.3, -0.25) is 0 Å². The molecular formula is C14H20FNS. The lowest BCUT2D eigenvalue weighted by molar-refractivity contribution is 0.425.